The Morgan fingerprint density at radius 2 is 1.92 bits per heavy atom. The fourth-order valence-electron chi connectivity index (χ4n) is 2.21. The second-order valence-electron chi connectivity index (χ2n) is 5.61. The maximum Gasteiger partial charge on any atom is 0.315 e. The predicted molar refractivity (Wildman–Crippen MR) is 92.5 cm³/mol. The van der Waals surface area contributed by atoms with Gasteiger partial charge in [-0.2, -0.15) is 0 Å². The Kier molecular flexibility index (Phi) is 6.17. The number of hydrogen-bond donors (Lipinski definition) is 2. The van der Waals surface area contributed by atoms with E-state index in [9.17, 15) is 9.18 Å². The van der Waals surface area contributed by atoms with Gasteiger partial charge in [0.15, 0.2) is 0 Å². The minimum absolute atomic E-state index is 0.277. The molecule has 0 aliphatic rings. The summed E-state index contributed by atoms with van der Waals surface area (Å²) in [6, 6.07) is 13.0. The summed E-state index contributed by atoms with van der Waals surface area (Å²) in [4.78, 5) is 12.0. The van der Waals surface area contributed by atoms with E-state index in [1.165, 1.54) is 12.1 Å². The van der Waals surface area contributed by atoms with Gasteiger partial charge in [-0.15, -0.1) is 0 Å². The molecule has 0 bridgehead atoms. The van der Waals surface area contributed by atoms with Gasteiger partial charge >= 0.3 is 6.03 Å². The lowest BCUT2D eigenvalue weighted by atomic mass is 9.96. The first-order chi connectivity index (χ1) is 11.4. The standard InChI is InChI=1S/C18H20ClFN2O2/c1-18(24-2,14-4-3-5-15(19)10-14)12-22-17(23)21-11-13-6-8-16(20)9-7-13/h3-10H,11-12H2,1-2H3,(H2,21,22,23). The zero-order valence-corrected chi connectivity index (χ0v) is 14.4. The number of benzene rings is 2. The van der Waals surface area contributed by atoms with E-state index in [0.29, 0.717) is 11.6 Å². The monoisotopic (exact) mass is 350 g/mol. The van der Waals surface area contributed by atoms with Gasteiger partial charge in [-0.25, -0.2) is 9.18 Å². The molecule has 2 rings (SSSR count). The van der Waals surface area contributed by atoms with Crippen molar-refractivity contribution in [2.24, 2.45) is 0 Å². The highest BCUT2D eigenvalue weighted by atomic mass is 35.5. The average Bonchev–Trinajstić information content (AvgIpc) is 2.59. The summed E-state index contributed by atoms with van der Waals surface area (Å²) >= 11 is 6.02. The van der Waals surface area contributed by atoms with Crippen LogP contribution in [0.3, 0.4) is 0 Å². The second-order valence-corrected chi connectivity index (χ2v) is 6.04. The number of ether oxygens (including phenoxy) is 1. The van der Waals surface area contributed by atoms with Gasteiger partial charge in [0.25, 0.3) is 0 Å². The number of methoxy groups -OCH3 is 1. The van der Waals surface area contributed by atoms with E-state index in [1.54, 1.807) is 25.3 Å². The molecule has 0 fully saturated rings. The third-order valence-corrected chi connectivity index (χ3v) is 4.07. The number of hydrogen-bond acceptors (Lipinski definition) is 2. The molecule has 4 nitrogen and oxygen atoms in total. The maximum atomic E-state index is 12.8. The van der Waals surface area contributed by atoms with Crippen LogP contribution < -0.4 is 10.6 Å². The van der Waals surface area contributed by atoms with Crippen LogP contribution in [0.2, 0.25) is 5.02 Å². The van der Waals surface area contributed by atoms with Gasteiger partial charge in [0.2, 0.25) is 0 Å². The summed E-state index contributed by atoms with van der Waals surface area (Å²) in [7, 11) is 1.58. The number of rotatable bonds is 6. The van der Waals surface area contributed by atoms with E-state index in [-0.39, 0.29) is 18.4 Å². The Bertz CT molecular complexity index is 694. The third kappa shape index (κ3) is 4.94. The number of amides is 2. The molecule has 24 heavy (non-hydrogen) atoms. The Labute approximate surface area is 146 Å². The lowest BCUT2D eigenvalue weighted by Crippen LogP contribution is -2.44. The van der Waals surface area contributed by atoms with Gasteiger partial charge in [0, 0.05) is 18.7 Å². The van der Waals surface area contributed by atoms with Crippen LogP contribution >= 0.6 is 11.6 Å². The van der Waals surface area contributed by atoms with Crippen LogP contribution in [0, 0.1) is 5.82 Å². The number of urea groups is 1. The first-order valence-electron chi connectivity index (χ1n) is 7.50. The minimum Gasteiger partial charge on any atom is -0.372 e. The van der Waals surface area contributed by atoms with Crippen LogP contribution in [0.15, 0.2) is 48.5 Å². The highest BCUT2D eigenvalue weighted by Gasteiger charge is 2.27. The molecule has 1 atom stereocenters. The van der Waals surface area contributed by atoms with Crippen molar-refractivity contribution in [3.63, 3.8) is 0 Å². The van der Waals surface area contributed by atoms with Gasteiger partial charge in [-0.1, -0.05) is 35.9 Å². The molecule has 0 aliphatic heterocycles. The summed E-state index contributed by atoms with van der Waals surface area (Å²) in [6.07, 6.45) is 0. The van der Waals surface area contributed by atoms with Gasteiger partial charge in [-0.05, 0) is 42.3 Å². The molecule has 0 aromatic heterocycles. The van der Waals surface area contributed by atoms with Crippen molar-refractivity contribution in [1.29, 1.82) is 0 Å². The number of carbonyl (C=O) groups is 1. The summed E-state index contributed by atoms with van der Waals surface area (Å²) in [5, 5.41) is 6.11. The molecule has 2 aromatic carbocycles. The highest BCUT2D eigenvalue weighted by Crippen LogP contribution is 2.26. The van der Waals surface area contributed by atoms with Crippen LogP contribution in [0.25, 0.3) is 0 Å². The van der Waals surface area contributed by atoms with Crippen molar-refractivity contribution in [3.05, 3.63) is 70.5 Å². The van der Waals surface area contributed by atoms with Crippen molar-refractivity contribution >= 4 is 17.6 Å². The Balaban J connectivity index is 1.90. The molecule has 0 saturated carbocycles. The van der Waals surface area contributed by atoms with Crippen molar-refractivity contribution < 1.29 is 13.9 Å². The van der Waals surface area contributed by atoms with Crippen molar-refractivity contribution in [1.82, 2.24) is 10.6 Å². The van der Waals surface area contributed by atoms with Crippen LogP contribution in [-0.2, 0) is 16.9 Å². The average molecular weight is 351 g/mol. The van der Waals surface area contributed by atoms with E-state index in [1.807, 2.05) is 25.1 Å². The molecule has 2 aromatic rings. The summed E-state index contributed by atoms with van der Waals surface area (Å²) in [6.45, 7) is 2.46. The first kappa shape index (κ1) is 18.2. The van der Waals surface area contributed by atoms with Crippen molar-refractivity contribution in [3.8, 4) is 0 Å². The summed E-state index contributed by atoms with van der Waals surface area (Å²) in [5.74, 6) is -0.305. The number of carbonyl (C=O) groups excluding carboxylic acids is 1. The second kappa shape index (κ2) is 8.13. The quantitative estimate of drug-likeness (QED) is 0.831. The normalized spacial score (nSPS) is 13.2. The van der Waals surface area contributed by atoms with E-state index in [0.717, 1.165) is 11.1 Å². The van der Waals surface area contributed by atoms with E-state index in [2.05, 4.69) is 10.6 Å². The molecule has 0 spiro atoms. The topological polar surface area (TPSA) is 50.4 Å². The van der Waals surface area contributed by atoms with Gasteiger partial charge in [-0.3, -0.25) is 0 Å². The lowest BCUT2D eigenvalue weighted by Gasteiger charge is -2.29. The van der Waals surface area contributed by atoms with Crippen molar-refractivity contribution in [2.75, 3.05) is 13.7 Å². The zero-order valence-electron chi connectivity index (χ0n) is 13.6. The Morgan fingerprint density at radius 3 is 2.54 bits per heavy atom. The molecule has 128 valence electrons. The fourth-order valence-corrected chi connectivity index (χ4v) is 2.40. The Hall–Kier alpha value is -2.11. The molecule has 0 aliphatic carbocycles. The molecule has 0 radical (unpaired) electrons. The van der Waals surface area contributed by atoms with E-state index in [4.69, 9.17) is 16.3 Å². The number of nitrogens with one attached hydrogen (secondary N) is 2. The molecule has 0 saturated heterocycles. The summed E-state index contributed by atoms with van der Waals surface area (Å²) < 4.78 is 18.4. The molecule has 2 N–H and O–H groups in total. The van der Waals surface area contributed by atoms with Gasteiger partial charge < -0.3 is 15.4 Å². The van der Waals surface area contributed by atoms with Gasteiger partial charge in [0.05, 0.1) is 6.54 Å². The van der Waals surface area contributed by atoms with Crippen LogP contribution in [0.1, 0.15) is 18.1 Å². The molecular weight excluding hydrogens is 331 g/mol. The van der Waals surface area contributed by atoms with Crippen molar-refractivity contribution in [2.45, 2.75) is 19.1 Å². The zero-order chi connectivity index (χ0) is 17.6. The fraction of sp³-hybridized carbons (Fsp3) is 0.278. The largest absolute Gasteiger partial charge is 0.372 e. The third-order valence-electron chi connectivity index (χ3n) is 3.84. The molecule has 2 amide bonds. The van der Waals surface area contributed by atoms with Crippen LogP contribution in [0.5, 0.6) is 0 Å². The lowest BCUT2D eigenvalue weighted by molar-refractivity contribution is 0.00488. The van der Waals surface area contributed by atoms with E-state index < -0.39 is 5.60 Å². The maximum absolute atomic E-state index is 12.8. The molecular formula is C18H20ClFN2O2. The molecule has 0 heterocycles. The Morgan fingerprint density at radius 1 is 1.21 bits per heavy atom. The number of halogens is 2. The first-order valence-corrected chi connectivity index (χ1v) is 7.88. The van der Waals surface area contributed by atoms with Crippen LogP contribution in [0.4, 0.5) is 9.18 Å². The molecule has 6 heteroatoms. The van der Waals surface area contributed by atoms with E-state index >= 15 is 0 Å². The minimum atomic E-state index is -0.696. The molecule has 1 unspecified atom stereocenters. The summed E-state index contributed by atoms with van der Waals surface area (Å²) in [5.41, 5.74) is 0.991. The predicted octanol–water partition coefficient (Wildman–Crippen LogP) is 3.84. The highest BCUT2D eigenvalue weighted by molar-refractivity contribution is 6.30. The smallest absolute Gasteiger partial charge is 0.315 e. The SMILES string of the molecule is COC(C)(CNC(=O)NCc1ccc(F)cc1)c1cccc(Cl)c1. The van der Waals surface area contributed by atoms with Crippen LogP contribution in [-0.4, -0.2) is 19.7 Å². The van der Waals surface area contributed by atoms with Gasteiger partial charge in [0.1, 0.15) is 11.4 Å².